The third-order valence-electron chi connectivity index (χ3n) is 1.88. The minimum absolute atomic E-state index is 0.0528. The third-order valence-corrected chi connectivity index (χ3v) is 3.80. The Morgan fingerprint density at radius 3 is 2.31 bits per heavy atom. The quantitative estimate of drug-likeness (QED) is 0.677. The van der Waals surface area contributed by atoms with Crippen molar-refractivity contribution in [1.82, 2.24) is 0 Å². The van der Waals surface area contributed by atoms with E-state index in [4.69, 9.17) is 10.5 Å². The van der Waals surface area contributed by atoms with Crippen LogP contribution in [0.3, 0.4) is 0 Å². The molecule has 0 amide bonds. The number of rotatable bonds is 6. The highest BCUT2D eigenvalue weighted by Gasteiger charge is 2.18. The smallest absolute Gasteiger partial charge is 0.154 e. The van der Waals surface area contributed by atoms with Crippen LogP contribution in [0.4, 0.5) is 0 Å². The molecule has 0 aliphatic carbocycles. The van der Waals surface area contributed by atoms with E-state index in [1.165, 1.54) is 7.11 Å². The van der Waals surface area contributed by atoms with Crippen LogP contribution in [0.5, 0.6) is 0 Å². The van der Waals surface area contributed by atoms with Gasteiger partial charge in [0.15, 0.2) is 9.84 Å². The van der Waals surface area contributed by atoms with Gasteiger partial charge in [0.05, 0.1) is 17.6 Å². The average Bonchev–Trinajstić information content (AvgIpc) is 2.02. The van der Waals surface area contributed by atoms with E-state index in [1.54, 1.807) is 6.92 Å². The molecule has 13 heavy (non-hydrogen) atoms. The van der Waals surface area contributed by atoms with E-state index >= 15 is 0 Å². The zero-order chi connectivity index (χ0) is 10.5. The average molecular weight is 209 g/mol. The van der Waals surface area contributed by atoms with Crippen molar-refractivity contribution in [2.45, 2.75) is 32.4 Å². The first-order valence-corrected chi connectivity index (χ1v) is 6.22. The summed E-state index contributed by atoms with van der Waals surface area (Å²) in [4.78, 5) is 0. The lowest BCUT2D eigenvalue weighted by atomic mass is 10.3. The fourth-order valence-corrected chi connectivity index (χ4v) is 2.81. The summed E-state index contributed by atoms with van der Waals surface area (Å²) in [7, 11) is -1.55. The fourth-order valence-electron chi connectivity index (χ4n) is 0.938. The lowest BCUT2D eigenvalue weighted by Crippen LogP contribution is -2.32. The van der Waals surface area contributed by atoms with Crippen molar-refractivity contribution in [2.24, 2.45) is 5.73 Å². The molecule has 0 saturated carbocycles. The molecule has 0 aromatic carbocycles. The zero-order valence-electron chi connectivity index (χ0n) is 8.49. The van der Waals surface area contributed by atoms with Crippen LogP contribution < -0.4 is 5.73 Å². The summed E-state index contributed by atoms with van der Waals surface area (Å²) in [5.74, 6) is 0.106. The van der Waals surface area contributed by atoms with Gasteiger partial charge >= 0.3 is 0 Å². The molecule has 0 radical (unpaired) electrons. The van der Waals surface area contributed by atoms with E-state index < -0.39 is 9.84 Å². The Morgan fingerprint density at radius 2 is 1.92 bits per heavy atom. The van der Waals surface area contributed by atoms with Gasteiger partial charge in [-0.25, -0.2) is 8.42 Å². The van der Waals surface area contributed by atoms with Gasteiger partial charge in [-0.1, -0.05) is 6.92 Å². The van der Waals surface area contributed by atoms with Gasteiger partial charge in [-0.3, -0.25) is 0 Å². The van der Waals surface area contributed by atoms with Crippen molar-refractivity contribution in [3.05, 3.63) is 0 Å². The van der Waals surface area contributed by atoms with Crippen molar-refractivity contribution in [2.75, 3.05) is 18.6 Å². The first-order valence-electron chi connectivity index (χ1n) is 4.40. The normalized spacial score (nSPS) is 16.9. The summed E-state index contributed by atoms with van der Waals surface area (Å²) in [5, 5.41) is 0. The second-order valence-electron chi connectivity index (χ2n) is 3.29. The summed E-state index contributed by atoms with van der Waals surface area (Å²) in [6.45, 7) is 3.61. The van der Waals surface area contributed by atoms with Gasteiger partial charge in [0.1, 0.15) is 0 Å². The fraction of sp³-hybridized carbons (Fsp3) is 1.00. The maximum Gasteiger partial charge on any atom is 0.154 e. The predicted molar refractivity (Wildman–Crippen MR) is 53.4 cm³/mol. The van der Waals surface area contributed by atoms with Gasteiger partial charge in [0.2, 0.25) is 0 Å². The van der Waals surface area contributed by atoms with Crippen LogP contribution in [0, 0.1) is 0 Å². The minimum atomic E-state index is -3.05. The first kappa shape index (κ1) is 12.9. The van der Waals surface area contributed by atoms with Crippen LogP contribution in [-0.4, -0.2) is 39.2 Å². The summed E-state index contributed by atoms with van der Waals surface area (Å²) >= 11 is 0. The van der Waals surface area contributed by atoms with Crippen molar-refractivity contribution in [3.8, 4) is 0 Å². The zero-order valence-corrected chi connectivity index (χ0v) is 9.30. The first-order chi connectivity index (χ1) is 5.91. The molecule has 2 atom stereocenters. The number of nitrogens with two attached hydrogens (primary N) is 1. The molecular weight excluding hydrogens is 190 g/mol. The molecule has 0 rings (SSSR count). The van der Waals surface area contributed by atoms with Gasteiger partial charge < -0.3 is 10.5 Å². The number of ether oxygens (including phenoxy) is 1. The highest BCUT2D eigenvalue weighted by molar-refractivity contribution is 7.91. The largest absolute Gasteiger partial charge is 0.381 e. The van der Waals surface area contributed by atoms with Crippen LogP contribution >= 0.6 is 0 Å². The number of hydrogen-bond donors (Lipinski definition) is 1. The maximum absolute atomic E-state index is 11.4. The maximum atomic E-state index is 11.4. The van der Waals surface area contributed by atoms with E-state index in [0.717, 1.165) is 0 Å². The number of hydrogen-bond acceptors (Lipinski definition) is 4. The number of sulfone groups is 1. The second-order valence-corrected chi connectivity index (χ2v) is 5.45. The molecule has 0 spiro atoms. The monoisotopic (exact) mass is 209 g/mol. The molecule has 0 aromatic rings. The molecule has 0 heterocycles. The van der Waals surface area contributed by atoms with Gasteiger partial charge in [0.25, 0.3) is 0 Å². The van der Waals surface area contributed by atoms with Gasteiger partial charge in [-0.2, -0.15) is 0 Å². The van der Waals surface area contributed by atoms with Crippen LogP contribution in [0.25, 0.3) is 0 Å². The van der Waals surface area contributed by atoms with E-state index in [0.29, 0.717) is 6.42 Å². The Bertz CT molecular complexity index is 208. The van der Waals surface area contributed by atoms with Crippen molar-refractivity contribution >= 4 is 9.84 Å². The Morgan fingerprint density at radius 1 is 1.38 bits per heavy atom. The molecule has 0 aliphatic heterocycles. The molecule has 0 fully saturated rings. The lowest BCUT2D eigenvalue weighted by Gasteiger charge is -2.12. The highest BCUT2D eigenvalue weighted by Crippen LogP contribution is 2.01. The minimum Gasteiger partial charge on any atom is -0.381 e. The summed E-state index contributed by atoms with van der Waals surface area (Å²) in [6.07, 6.45) is 0.426. The highest BCUT2D eigenvalue weighted by atomic mass is 32.2. The third kappa shape index (κ3) is 6.01. The summed E-state index contributed by atoms with van der Waals surface area (Å²) < 4.78 is 27.7. The van der Waals surface area contributed by atoms with Crippen LogP contribution in [0.1, 0.15) is 20.3 Å². The SMILES string of the molecule is CCC(N)CS(=O)(=O)CC(C)OC. The van der Waals surface area contributed by atoms with E-state index in [1.807, 2.05) is 6.92 Å². The van der Waals surface area contributed by atoms with Crippen molar-refractivity contribution in [3.63, 3.8) is 0 Å². The Labute approximate surface area is 80.4 Å². The van der Waals surface area contributed by atoms with Crippen LogP contribution in [-0.2, 0) is 14.6 Å². The predicted octanol–water partition coefficient (Wildman–Crippen LogP) is 0.173. The van der Waals surface area contributed by atoms with E-state index in [-0.39, 0.29) is 23.7 Å². The van der Waals surface area contributed by atoms with Crippen LogP contribution in [0.2, 0.25) is 0 Å². The van der Waals surface area contributed by atoms with Crippen LogP contribution in [0.15, 0.2) is 0 Å². The molecule has 80 valence electrons. The molecule has 2 unspecified atom stereocenters. The second kappa shape index (κ2) is 5.57. The molecule has 5 heteroatoms. The lowest BCUT2D eigenvalue weighted by molar-refractivity contribution is 0.136. The standard InChI is InChI=1S/C8H19NO3S/c1-4-8(9)6-13(10,11)5-7(2)12-3/h7-8H,4-6,9H2,1-3H3. The molecule has 0 aromatic heterocycles. The Kier molecular flexibility index (Phi) is 5.51. The van der Waals surface area contributed by atoms with E-state index in [9.17, 15) is 8.42 Å². The summed E-state index contributed by atoms with van der Waals surface area (Å²) in [5.41, 5.74) is 5.56. The van der Waals surface area contributed by atoms with Crippen molar-refractivity contribution < 1.29 is 13.2 Å². The van der Waals surface area contributed by atoms with Gasteiger partial charge in [0, 0.05) is 13.2 Å². The van der Waals surface area contributed by atoms with E-state index in [2.05, 4.69) is 0 Å². The molecule has 0 aliphatic rings. The van der Waals surface area contributed by atoms with Gasteiger partial charge in [-0.15, -0.1) is 0 Å². The van der Waals surface area contributed by atoms with Crippen molar-refractivity contribution in [1.29, 1.82) is 0 Å². The molecule has 4 nitrogen and oxygen atoms in total. The molecule has 0 saturated heterocycles. The molecule has 2 N–H and O–H groups in total. The van der Waals surface area contributed by atoms with Gasteiger partial charge in [-0.05, 0) is 13.3 Å². The Balaban J connectivity index is 4.09. The Hall–Kier alpha value is -0.130. The molecular formula is C8H19NO3S. The summed E-state index contributed by atoms with van der Waals surface area (Å²) in [6, 6.07) is -0.256. The number of methoxy groups -OCH3 is 1. The topological polar surface area (TPSA) is 69.4 Å². The molecule has 0 bridgehead atoms.